The lowest BCUT2D eigenvalue weighted by atomic mass is 10.0. The number of nitrogens with zero attached hydrogens (tertiary/aromatic N) is 4. The van der Waals surface area contributed by atoms with Gasteiger partial charge in [-0.3, -0.25) is 9.36 Å². The van der Waals surface area contributed by atoms with E-state index in [0.29, 0.717) is 17.7 Å². The molecule has 0 saturated heterocycles. The molecule has 142 valence electrons. The monoisotopic (exact) mass is 350 g/mol. The molecule has 1 fully saturated rings. The normalized spacial score (nSPS) is 17.2. The fourth-order valence-electron chi connectivity index (χ4n) is 3.67. The summed E-state index contributed by atoms with van der Waals surface area (Å²) in [5.74, 6) is 0.338. The molecule has 1 aliphatic carbocycles. The van der Waals surface area contributed by atoms with Crippen molar-refractivity contribution in [2.45, 2.75) is 64.3 Å². The van der Waals surface area contributed by atoms with Crippen LogP contribution in [0.4, 0.5) is 5.95 Å². The second-order valence-electron chi connectivity index (χ2n) is 7.46. The van der Waals surface area contributed by atoms with E-state index in [2.05, 4.69) is 16.9 Å². The van der Waals surface area contributed by atoms with Gasteiger partial charge < -0.3 is 14.9 Å². The zero-order valence-corrected chi connectivity index (χ0v) is 16.3. The van der Waals surface area contributed by atoms with Crippen LogP contribution >= 0.6 is 0 Å². The van der Waals surface area contributed by atoms with Gasteiger partial charge in [0.25, 0.3) is 5.56 Å². The van der Waals surface area contributed by atoms with Crippen LogP contribution in [0.1, 0.15) is 57.1 Å². The van der Waals surface area contributed by atoms with Crippen LogP contribution in [0.5, 0.6) is 5.75 Å². The molecular weight excluding hydrogens is 316 g/mol. The molecule has 1 aliphatic rings. The van der Waals surface area contributed by atoms with Gasteiger partial charge in [0.05, 0.1) is 5.69 Å². The molecule has 0 amide bonds. The third kappa shape index (κ3) is 5.21. The van der Waals surface area contributed by atoms with Crippen molar-refractivity contribution in [2.75, 3.05) is 32.1 Å². The Bertz CT molecular complexity index is 604. The van der Waals surface area contributed by atoms with Gasteiger partial charge in [0.15, 0.2) is 0 Å². The Balaban J connectivity index is 1.96. The Morgan fingerprint density at radius 2 is 1.64 bits per heavy atom. The molecule has 2 rings (SSSR count). The van der Waals surface area contributed by atoms with Crippen molar-refractivity contribution < 1.29 is 5.11 Å². The summed E-state index contributed by atoms with van der Waals surface area (Å²) in [5.41, 5.74) is -0.00598. The van der Waals surface area contributed by atoms with Gasteiger partial charge >= 0.3 is 0 Å². The molecule has 1 heterocycles. The summed E-state index contributed by atoms with van der Waals surface area (Å²) < 4.78 is 1.42. The van der Waals surface area contributed by atoms with Crippen LogP contribution < -0.4 is 10.5 Å². The number of hydrogen-bond donors (Lipinski definition) is 1. The van der Waals surface area contributed by atoms with E-state index >= 15 is 0 Å². The maximum atomic E-state index is 12.0. The first-order chi connectivity index (χ1) is 11.9. The van der Waals surface area contributed by atoms with Gasteiger partial charge in [-0.1, -0.05) is 38.5 Å². The molecule has 0 atom stereocenters. The quantitative estimate of drug-likeness (QED) is 0.885. The fourth-order valence-corrected chi connectivity index (χ4v) is 3.67. The van der Waals surface area contributed by atoms with Crippen LogP contribution in [0.3, 0.4) is 0 Å². The summed E-state index contributed by atoms with van der Waals surface area (Å²) in [6.45, 7) is 3.41. The van der Waals surface area contributed by atoms with E-state index in [1.807, 2.05) is 11.9 Å². The minimum atomic E-state index is -0.390. The predicted octanol–water partition coefficient (Wildman–Crippen LogP) is 2.67. The predicted molar refractivity (Wildman–Crippen MR) is 103 cm³/mol. The van der Waals surface area contributed by atoms with Gasteiger partial charge in [-0.2, -0.15) is 0 Å². The van der Waals surface area contributed by atoms with Crippen LogP contribution in [-0.4, -0.2) is 52.8 Å². The molecule has 0 bridgehead atoms. The second kappa shape index (κ2) is 9.22. The number of rotatable bonds is 5. The maximum Gasteiger partial charge on any atom is 0.297 e. The van der Waals surface area contributed by atoms with Crippen LogP contribution in [0, 0.1) is 6.92 Å². The summed E-state index contributed by atoms with van der Waals surface area (Å²) in [4.78, 5) is 20.9. The van der Waals surface area contributed by atoms with Crippen LogP contribution in [0.25, 0.3) is 0 Å². The lowest BCUT2D eigenvalue weighted by Crippen LogP contribution is -2.39. The number of aromatic nitrogens is 2. The highest BCUT2D eigenvalue weighted by Crippen LogP contribution is 2.20. The van der Waals surface area contributed by atoms with E-state index in [4.69, 9.17) is 0 Å². The highest BCUT2D eigenvalue weighted by Gasteiger charge is 2.18. The molecule has 0 spiro atoms. The van der Waals surface area contributed by atoms with Crippen LogP contribution in [-0.2, 0) is 7.05 Å². The Morgan fingerprint density at radius 1 is 1.08 bits per heavy atom. The highest BCUT2D eigenvalue weighted by molar-refractivity contribution is 5.35. The van der Waals surface area contributed by atoms with Gasteiger partial charge in [-0.05, 0) is 26.8 Å². The van der Waals surface area contributed by atoms with Gasteiger partial charge in [0, 0.05) is 33.2 Å². The third-order valence-electron chi connectivity index (χ3n) is 5.50. The van der Waals surface area contributed by atoms with Crippen molar-refractivity contribution in [2.24, 2.45) is 7.05 Å². The van der Waals surface area contributed by atoms with Gasteiger partial charge in [0.1, 0.15) is 0 Å². The Hall–Kier alpha value is -1.56. The van der Waals surface area contributed by atoms with E-state index in [0.717, 1.165) is 13.1 Å². The van der Waals surface area contributed by atoms with Crippen LogP contribution in [0.15, 0.2) is 4.79 Å². The Kier molecular flexibility index (Phi) is 7.29. The summed E-state index contributed by atoms with van der Waals surface area (Å²) >= 11 is 0. The molecule has 1 aromatic heterocycles. The standard InChI is InChI=1S/C19H34N4O2/c1-15-17(24)18(25)23(4)19(20-15)22(3)14-13-21(2)16-11-9-7-5-6-8-10-12-16/h16,24H,5-14H2,1-4H3. The van der Waals surface area contributed by atoms with E-state index in [9.17, 15) is 9.90 Å². The van der Waals surface area contributed by atoms with Gasteiger partial charge in [0.2, 0.25) is 11.7 Å². The lowest BCUT2D eigenvalue weighted by molar-refractivity contribution is 0.217. The second-order valence-corrected chi connectivity index (χ2v) is 7.46. The van der Waals surface area contributed by atoms with Crippen molar-refractivity contribution in [3.05, 3.63) is 16.0 Å². The largest absolute Gasteiger partial charge is 0.502 e. The van der Waals surface area contributed by atoms with Gasteiger partial charge in [-0.25, -0.2) is 4.98 Å². The highest BCUT2D eigenvalue weighted by atomic mass is 16.3. The Morgan fingerprint density at radius 3 is 2.24 bits per heavy atom. The number of anilines is 1. The van der Waals surface area contributed by atoms with E-state index in [1.165, 1.54) is 55.9 Å². The summed E-state index contributed by atoms with van der Waals surface area (Å²) in [7, 11) is 5.82. The molecule has 25 heavy (non-hydrogen) atoms. The topological polar surface area (TPSA) is 61.6 Å². The molecule has 1 saturated carbocycles. The van der Waals surface area contributed by atoms with E-state index < -0.39 is 0 Å². The number of likely N-dealkylation sites (N-methyl/N-ethyl adjacent to an activating group) is 2. The average Bonchev–Trinajstić information content (AvgIpc) is 2.74. The van der Waals surface area contributed by atoms with Crippen molar-refractivity contribution in [1.29, 1.82) is 0 Å². The molecule has 1 N–H and O–H groups in total. The fraction of sp³-hybridized carbons (Fsp3) is 0.789. The molecule has 6 nitrogen and oxygen atoms in total. The molecule has 0 radical (unpaired) electrons. The number of aromatic hydroxyl groups is 1. The molecule has 0 unspecified atom stereocenters. The maximum absolute atomic E-state index is 12.0. The molecule has 1 aromatic rings. The first-order valence-electron chi connectivity index (χ1n) is 9.59. The first-order valence-corrected chi connectivity index (χ1v) is 9.59. The van der Waals surface area contributed by atoms with Crippen molar-refractivity contribution in [1.82, 2.24) is 14.5 Å². The van der Waals surface area contributed by atoms with Crippen molar-refractivity contribution in [3.63, 3.8) is 0 Å². The van der Waals surface area contributed by atoms with E-state index in [-0.39, 0.29) is 11.3 Å². The molecule has 0 aromatic carbocycles. The SMILES string of the molecule is Cc1nc(N(C)CCN(C)C2CCCCCCCC2)n(C)c(=O)c1O. The molecular formula is C19H34N4O2. The average molecular weight is 351 g/mol. The van der Waals surface area contributed by atoms with Crippen molar-refractivity contribution in [3.8, 4) is 5.75 Å². The van der Waals surface area contributed by atoms with Crippen molar-refractivity contribution >= 4 is 5.95 Å². The zero-order chi connectivity index (χ0) is 18.4. The zero-order valence-electron chi connectivity index (χ0n) is 16.3. The first kappa shape index (κ1) is 19.8. The van der Waals surface area contributed by atoms with Gasteiger partial charge in [-0.15, -0.1) is 0 Å². The molecule has 0 aliphatic heterocycles. The minimum absolute atomic E-state index is 0.262. The minimum Gasteiger partial charge on any atom is -0.502 e. The Labute approximate surface area is 151 Å². The molecule has 6 heteroatoms. The number of aryl methyl sites for hydroxylation is 1. The summed E-state index contributed by atoms with van der Waals surface area (Å²) in [6.07, 6.45) is 10.7. The smallest absolute Gasteiger partial charge is 0.297 e. The van der Waals surface area contributed by atoms with Crippen LogP contribution in [0.2, 0.25) is 0 Å². The van der Waals surface area contributed by atoms with E-state index in [1.54, 1.807) is 14.0 Å². The lowest BCUT2D eigenvalue weighted by Gasteiger charge is -2.30. The summed E-state index contributed by atoms with van der Waals surface area (Å²) in [5, 5.41) is 9.73. The number of hydrogen-bond acceptors (Lipinski definition) is 5. The summed E-state index contributed by atoms with van der Waals surface area (Å²) in [6, 6.07) is 0.657. The third-order valence-corrected chi connectivity index (χ3v) is 5.50.